The van der Waals surface area contributed by atoms with Crippen molar-refractivity contribution >= 4 is 5.91 Å². The number of carbonyl (C=O) groups excluding carboxylic acids is 1. The van der Waals surface area contributed by atoms with Crippen molar-refractivity contribution < 1.29 is 19.0 Å². The SMILES string of the molecule is CCOc1ccc(C(NC(=O)COc2ccccc2OC)c2ccccc2)cc1. The number of amides is 1. The van der Waals surface area contributed by atoms with Crippen molar-refractivity contribution in [1.82, 2.24) is 5.32 Å². The maximum Gasteiger partial charge on any atom is 0.258 e. The van der Waals surface area contributed by atoms with Crippen LogP contribution in [0.25, 0.3) is 0 Å². The van der Waals surface area contributed by atoms with Crippen LogP contribution in [-0.4, -0.2) is 26.2 Å². The summed E-state index contributed by atoms with van der Waals surface area (Å²) in [4.78, 5) is 12.6. The number of benzene rings is 3. The summed E-state index contributed by atoms with van der Waals surface area (Å²) in [6.07, 6.45) is 0. The molecule has 0 aromatic heterocycles. The van der Waals surface area contributed by atoms with Crippen LogP contribution in [0.2, 0.25) is 0 Å². The second-order valence-corrected chi connectivity index (χ2v) is 6.35. The summed E-state index contributed by atoms with van der Waals surface area (Å²) in [6.45, 7) is 2.45. The molecule has 0 saturated carbocycles. The van der Waals surface area contributed by atoms with Crippen molar-refractivity contribution in [2.45, 2.75) is 13.0 Å². The summed E-state index contributed by atoms with van der Waals surface area (Å²) in [7, 11) is 1.57. The smallest absolute Gasteiger partial charge is 0.258 e. The van der Waals surface area contributed by atoms with Gasteiger partial charge in [0.25, 0.3) is 5.91 Å². The van der Waals surface area contributed by atoms with E-state index in [9.17, 15) is 4.79 Å². The first-order valence-electron chi connectivity index (χ1n) is 9.54. The van der Waals surface area contributed by atoms with Crippen LogP contribution in [0.15, 0.2) is 78.9 Å². The van der Waals surface area contributed by atoms with Gasteiger partial charge >= 0.3 is 0 Å². The largest absolute Gasteiger partial charge is 0.494 e. The van der Waals surface area contributed by atoms with E-state index in [1.54, 1.807) is 19.2 Å². The van der Waals surface area contributed by atoms with Crippen LogP contribution in [0.4, 0.5) is 0 Å². The summed E-state index contributed by atoms with van der Waals surface area (Å²) < 4.78 is 16.4. The van der Waals surface area contributed by atoms with E-state index in [0.29, 0.717) is 18.1 Å². The molecule has 0 bridgehead atoms. The fraction of sp³-hybridized carbons (Fsp3) is 0.208. The Balaban J connectivity index is 1.73. The highest BCUT2D eigenvalue weighted by molar-refractivity contribution is 5.78. The number of ether oxygens (including phenoxy) is 3. The van der Waals surface area contributed by atoms with Crippen LogP contribution in [0.1, 0.15) is 24.1 Å². The molecule has 150 valence electrons. The standard InChI is InChI=1S/C24H25NO4/c1-3-28-20-15-13-19(14-16-20)24(18-9-5-4-6-10-18)25-23(26)17-29-22-12-8-7-11-21(22)27-2/h4-16,24H,3,17H2,1-2H3,(H,25,26). The summed E-state index contributed by atoms with van der Waals surface area (Å²) >= 11 is 0. The van der Waals surface area contributed by atoms with Crippen molar-refractivity contribution in [2.24, 2.45) is 0 Å². The number of methoxy groups -OCH3 is 1. The van der Waals surface area contributed by atoms with Crippen molar-refractivity contribution in [3.05, 3.63) is 90.0 Å². The molecule has 0 radical (unpaired) electrons. The van der Waals surface area contributed by atoms with Gasteiger partial charge in [0, 0.05) is 0 Å². The molecule has 5 heteroatoms. The molecule has 0 aliphatic heterocycles. The van der Waals surface area contributed by atoms with Crippen LogP contribution >= 0.6 is 0 Å². The van der Waals surface area contributed by atoms with E-state index in [2.05, 4.69) is 5.32 Å². The van der Waals surface area contributed by atoms with E-state index in [-0.39, 0.29) is 18.6 Å². The molecule has 0 saturated heterocycles. The topological polar surface area (TPSA) is 56.8 Å². The van der Waals surface area contributed by atoms with E-state index in [1.807, 2.05) is 73.7 Å². The average molecular weight is 391 g/mol. The number of carbonyl (C=O) groups is 1. The zero-order valence-corrected chi connectivity index (χ0v) is 16.6. The first kappa shape index (κ1) is 20.3. The summed E-state index contributed by atoms with van der Waals surface area (Å²) in [5.74, 6) is 1.70. The number of nitrogens with one attached hydrogen (secondary N) is 1. The third-order valence-corrected chi connectivity index (χ3v) is 4.39. The van der Waals surface area contributed by atoms with Crippen molar-refractivity contribution in [2.75, 3.05) is 20.3 Å². The van der Waals surface area contributed by atoms with Gasteiger partial charge < -0.3 is 19.5 Å². The highest BCUT2D eigenvalue weighted by Gasteiger charge is 2.17. The summed E-state index contributed by atoms with van der Waals surface area (Å²) in [5, 5.41) is 3.06. The Bertz CT molecular complexity index is 910. The van der Waals surface area contributed by atoms with E-state index >= 15 is 0 Å². The van der Waals surface area contributed by atoms with Crippen molar-refractivity contribution in [1.29, 1.82) is 0 Å². The van der Waals surface area contributed by atoms with E-state index in [0.717, 1.165) is 16.9 Å². The van der Waals surface area contributed by atoms with Gasteiger partial charge in [0.2, 0.25) is 0 Å². The Morgan fingerprint density at radius 3 is 2.10 bits per heavy atom. The fourth-order valence-corrected chi connectivity index (χ4v) is 3.01. The van der Waals surface area contributed by atoms with Gasteiger partial charge in [0.1, 0.15) is 5.75 Å². The minimum Gasteiger partial charge on any atom is -0.494 e. The maximum absolute atomic E-state index is 12.6. The molecular weight excluding hydrogens is 366 g/mol. The third-order valence-electron chi connectivity index (χ3n) is 4.39. The molecule has 0 fully saturated rings. The lowest BCUT2D eigenvalue weighted by molar-refractivity contribution is -0.123. The van der Waals surface area contributed by atoms with Gasteiger partial charge in [-0.05, 0) is 42.3 Å². The number of hydrogen-bond acceptors (Lipinski definition) is 4. The lowest BCUT2D eigenvalue weighted by atomic mass is 9.98. The number of para-hydroxylation sites is 2. The molecule has 1 amide bonds. The summed E-state index contributed by atoms with van der Waals surface area (Å²) in [6, 6.07) is 24.5. The molecule has 0 aliphatic rings. The van der Waals surface area contributed by atoms with E-state index < -0.39 is 0 Å². The minimum atomic E-state index is -0.291. The molecule has 3 rings (SSSR count). The fourth-order valence-electron chi connectivity index (χ4n) is 3.01. The zero-order chi connectivity index (χ0) is 20.5. The lowest BCUT2D eigenvalue weighted by Crippen LogP contribution is -2.33. The van der Waals surface area contributed by atoms with Crippen molar-refractivity contribution in [3.8, 4) is 17.2 Å². The van der Waals surface area contributed by atoms with Gasteiger partial charge in [-0.2, -0.15) is 0 Å². The Labute approximate surface area is 171 Å². The molecule has 3 aromatic rings. The molecule has 5 nitrogen and oxygen atoms in total. The monoisotopic (exact) mass is 391 g/mol. The minimum absolute atomic E-state index is 0.110. The lowest BCUT2D eigenvalue weighted by Gasteiger charge is -2.20. The number of hydrogen-bond donors (Lipinski definition) is 1. The second kappa shape index (κ2) is 10.2. The van der Waals surface area contributed by atoms with E-state index in [1.165, 1.54) is 0 Å². The average Bonchev–Trinajstić information content (AvgIpc) is 2.77. The molecule has 1 atom stereocenters. The Hall–Kier alpha value is -3.47. The predicted octanol–water partition coefficient (Wildman–Crippen LogP) is 4.38. The molecule has 0 heterocycles. The molecule has 1 N–H and O–H groups in total. The first-order valence-corrected chi connectivity index (χ1v) is 9.54. The van der Waals surface area contributed by atoms with Gasteiger partial charge in [-0.3, -0.25) is 4.79 Å². The van der Waals surface area contributed by atoms with Crippen LogP contribution < -0.4 is 19.5 Å². The maximum atomic E-state index is 12.6. The highest BCUT2D eigenvalue weighted by atomic mass is 16.5. The van der Waals surface area contributed by atoms with Crippen LogP contribution in [-0.2, 0) is 4.79 Å². The Kier molecular flexibility index (Phi) is 7.11. The number of rotatable bonds is 9. The van der Waals surface area contributed by atoms with Gasteiger partial charge in [-0.15, -0.1) is 0 Å². The van der Waals surface area contributed by atoms with Gasteiger partial charge in [0.15, 0.2) is 18.1 Å². The second-order valence-electron chi connectivity index (χ2n) is 6.35. The van der Waals surface area contributed by atoms with Crippen LogP contribution in [0.3, 0.4) is 0 Å². The Morgan fingerprint density at radius 1 is 0.828 bits per heavy atom. The zero-order valence-electron chi connectivity index (χ0n) is 16.6. The van der Waals surface area contributed by atoms with Gasteiger partial charge in [-0.1, -0.05) is 54.6 Å². The van der Waals surface area contributed by atoms with Gasteiger partial charge in [0.05, 0.1) is 19.8 Å². The molecule has 1 unspecified atom stereocenters. The van der Waals surface area contributed by atoms with E-state index in [4.69, 9.17) is 14.2 Å². The van der Waals surface area contributed by atoms with Crippen molar-refractivity contribution in [3.63, 3.8) is 0 Å². The van der Waals surface area contributed by atoms with Gasteiger partial charge in [-0.25, -0.2) is 0 Å². The van der Waals surface area contributed by atoms with Crippen LogP contribution in [0.5, 0.6) is 17.2 Å². The molecule has 29 heavy (non-hydrogen) atoms. The van der Waals surface area contributed by atoms with Crippen LogP contribution in [0, 0.1) is 0 Å². The predicted molar refractivity (Wildman–Crippen MR) is 113 cm³/mol. The molecule has 0 aliphatic carbocycles. The molecule has 0 spiro atoms. The first-order chi connectivity index (χ1) is 14.2. The third kappa shape index (κ3) is 5.51. The molecular formula is C24H25NO4. The Morgan fingerprint density at radius 2 is 1.45 bits per heavy atom. The molecule has 3 aromatic carbocycles. The quantitative estimate of drug-likeness (QED) is 0.588. The highest BCUT2D eigenvalue weighted by Crippen LogP contribution is 2.26. The summed E-state index contributed by atoms with van der Waals surface area (Å²) in [5.41, 5.74) is 1.95. The normalized spacial score (nSPS) is 11.4.